The van der Waals surface area contributed by atoms with Crippen molar-refractivity contribution >= 4 is 37.7 Å². The molecular formula is C9H11BrFN3O4S. The number of hydrogen-bond donors (Lipinski definition) is 3. The predicted molar refractivity (Wildman–Crippen MR) is 69.2 cm³/mol. The summed E-state index contributed by atoms with van der Waals surface area (Å²) in [6.45, 7) is -0.497. The number of primary amides is 1. The van der Waals surface area contributed by atoms with Crippen LogP contribution < -0.4 is 16.2 Å². The molecule has 1 aromatic carbocycles. The third-order valence-corrected chi connectivity index (χ3v) is 4.14. The van der Waals surface area contributed by atoms with Gasteiger partial charge in [0.05, 0.1) is 0 Å². The highest BCUT2D eigenvalue weighted by molar-refractivity contribution is 9.10. The van der Waals surface area contributed by atoms with Crippen LogP contribution in [0.5, 0.6) is 0 Å². The van der Waals surface area contributed by atoms with Gasteiger partial charge in [-0.25, -0.2) is 22.3 Å². The van der Waals surface area contributed by atoms with E-state index in [2.05, 4.69) is 20.7 Å². The summed E-state index contributed by atoms with van der Waals surface area (Å²) in [5, 5.41) is 0. The maximum absolute atomic E-state index is 13.6. The molecule has 0 aliphatic carbocycles. The SMILES string of the molecule is NC(=O)OCCNS(=O)(=O)c1cc(N)c(Br)cc1F. The molecule has 0 saturated heterocycles. The highest BCUT2D eigenvalue weighted by Gasteiger charge is 2.20. The van der Waals surface area contributed by atoms with Crippen molar-refractivity contribution < 1.29 is 22.3 Å². The largest absolute Gasteiger partial charge is 0.448 e. The van der Waals surface area contributed by atoms with E-state index >= 15 is 0 Å². The van der Waals surface area contributed by atoms with Gasteiger partial charge in [0.15, 0.2) is 0 Å². The van der Waals surface area contributed by atoms with Gasteiger partial charge < -0.3 is 16.2 Å². The second kappa shape index (κ2) is 6.17. The Labute approximate surface area is 117 Å². The summed E-state index contributed by atoms with van der Waals surface area (Å²) in [7, 11) is -4.09. The zero-order chi connectivity index (χ0) is 14.6. The van der Waals surface area contributed by atoms with Crippen LogP contribution in [0.4, 0.5) is 14.9 Å². The van der Waals surface area contributed by atoms with Crippen LogP contribution in [0.25, 0.3) is 0 Å². The number of nitrogens with two attached hydrogens (primary N) is 2. The Kier molecular flexibility index (Phi) is 5.09. The molecule has 0 atom stereocenters. The van der Waals surface area contributed by atoms with Crippen LogP contribution in [0.3, 0.4) is 0 Å². The van der Waals surface area contributed by atoms with E-state index in [1.807, 2.05) is 4.72 Å². The van der Waals surface area contributed by atoms with Crippen LogP contribution in [0.2, 0.25) is 0 Å². The summed E-state index contributed by atoms with van der Waals surface area (Å²) in [5.41, 5.74) is 10.3. The number of carbonyl (C=O) groups excluding carboxylic acids is 1. The van der Waals surface area contributed by atoms with Gasteiger partial charge in [0, 0.05) is 16.7 Å². The van der Waals surface area contributed by atoms with E-state index in [0.29, 0.717) is 0 Å². The minimum absolute atomic E-state index is 0.0789. The fourth-order valence-electron chi connectivity index (χ4n) is 1.16. The number of anilines is 1. The zero-order valence-electron chi connectivity index (χ0n) is 9.52. The Morgan fingerprint density at radius 2 is 2.11 bits per heavy atom. The second-order valence-corrected chi connectivity index (χ2v) is 5.96. The maximum atomic E-state index is 13.6. The van der Waals surface area contributed by atoms with Gasteiger partial charge in [0.25, 0.3) is 0 Å². The summed E-state index contributed by atoms with van der Waals surface area (Å²) in [4.78, 5) is 9.68. The number of halogens is 2. The quantitative estimate of drug-likeness (QED) is 0.525. The maximum Gasteiger partial charge on any atom is 0.404 e. The molecular weight excluding hydrogens is 345 g/mol. The fraction of sp³-hybridized carbons (Fsp3) is 0.222. The Morgan fingerprint density at radius 3 is 2.68 bits per heavy atom. The first-order chi connectivity index (χ1) is 8.74. The molecule has 0 heterocycles. The lowest BCUT2D eigenvalue weighted by Gasteiger charge is -2.09. The number of nitrogen functional groups attached to an aromatic ring is 1. The summed E-state index contributed by atoms with van der Waals surface area (Å²) >= 11 is 2.98. The number of amides is 1. The van der Waals surface area contributed by atoms with E-state index in [0.717, 1.165) is 12.1 Å². The third-order valence-electron chi connectivity index (χ3n) is 1.98. The standard InChI is InChI=1S/C9H11BrFN3O4S/c10-5-3-6(11)8(4-7(5)12)19(16,17)14-1-2-18-9(13)15/h3-4,14H,1-2,12H2,(H2,13,15). The van der Waals surface area contributed by atoms with E-state index in [1.54, 1.807) is 0 Å². The van der Waals surface area contributed by atoms with Crippen LogP contribution in [-0.4, -0.2) is 27.7 Å². The van der Waals surface area contributed by atoms with Crippen LogP contribution >= 0.6 is 15.9 Å². The molecule has 0 unspecified atom stereocenters. The number of sulfonamides is 1. The Morgan fingerprint density at radius 1 is 1.47 bits per heavy atom. The topological polar surface area (TPSA) is 125 Å². The molecule has 0 spiro atoms. The lowest BCUT2D eigenvalue weighted by molar-refractivity contribution is 0.159. The fourth-order valence-corrected chi connectivity index (χ4v) is 2.58. The average Bonchev–Trinajstić information content (AvgIpc) is 2.29. The molecule has 1 rings (SSSR count). The van der Waals surface area contributed by atoms with Gasteiger partial charge in [0.1, 0.15) is 17.3 Å². The number of hydrogen-bond acceptors (Lipinski definition) is 5. The third kappa shape index (κ3) is 4.33. The number of ether oxygens (including phenoxy) is 1. The average molecular weight is 356 g/mol. The predicted octanol–water partition coefficient (Wildman–Crippen LogP) is 0.544. The molecule has 19 heavy (non-hydrogen) atoms. The number of benzene rings is 1. The molecule has 1 aromatic rings. The first-order valence-corrected chi connectivity index (χ1v) is 7.18. The van der Waals surface area contributed by atoms with Crippen molar-refractivity contribution in [2.45, 2.75) is 4.90 Å². The van der Waals surface area contributed by atoms with Crippen LogP contribution in [0, 0.1) is 5.82 Å². The van der Waals surface area contributed by atoms with Gasteiger partial charge in [-0.3, -0.25) is 0 Å². The molecule has 106 valence electrons. The van der Waals surface area contributed by atoms with Crippen molar-refractivity contribution in [3.63, 3.8) is 0 Å². The normalized spacial score (nSPS) is 11.3. The van der Waals surface area contributed by atoms with E-state index in [-0.39, 0.29) is 23.3 Å². The summed E-state index contributed by atoms with van der Waals surface area (Å²) in [6.07, 6.45) is -1.03. The Balaban J connectivity index is 2.83. The highest BCUT2D eigenvalue weighted by Crippen LogP contribution is 2.25. The van der Waals surface area contributed by atoms with Gasteiger partial charge in [0.2, 0.25) is 10.0 Å². The van der Waals surface area contributed by atoms with Crippen molar-refractivity contribution in [2.24, 2.45) is 5.73 Å². The Bertz CT molecular complexity index is 593. The van der Waals surface area contributed by atoms with Gasteiger partial charge in [-0.2, -0.15) is 0 Å². The first-order valence-electron chi connectivity index (χ1n) is 4.90. The van der Waals surface area contributed by atoms with E-state index in [4.69, 9.17) is 11.5 Å². The smallest absolute Gasteiger partial charge is 0.404 e. The van der Waals surface area contributed by atoms with Crippen LogP contribution in [0.1, 0.15) is 0 Å². The molecule has 7 nitrogen and oxygen atoms in total. The van der Waals surface area contributed by atoms with Crippen molar-refractivity contribution in [1.29, 1.82) is 0 Å². The molecule has 0 radical (unpaired) electrons. The minimum Gasteiger partial charge on any atom is -0.448 e. The van der Waals surface area contributed by atoms with Crippen molar-refractivity contribution in [3.05, 3.63) is 22.4 Å². The monoisotopic (exact) mass is 355 g/mol. The first kappa shape index (κ1) is 15.7. The minimum atomic E-state index is -4.09. The van der Waals surface area contributed by atoms with Crippen molar-refractivity contribution in [1.82, 2.24) is 4.72 Å². The van der Waals surface area contributed by atoms with Gasteiger partial charge in [-0.05, 0) is 28.1 Å². The van der Waals surface area contributed by atoms with E-state index < -0.39 is 26.8 Å². The van der Waals surface area contributed by atoms with Gasteiger partial charge >= 0.3 is 6.09 Å². The van der Waals surface area contributed by atoms with E-state index in [1.165, 1.54) is 0 Å². The molecule has 0 aliphatic rings. The summed E-state index contributed by atoms with van der Waals surface area (Å²) in [6, 6.07) is 1.93. The number of rotatable bonds is 5. The molecule has 0 fully saturated rings. The van der Waals surface area contributed by atoms with Gasteiger partial charge in [-0.15, -0.1) is 0 Å². The molecule has 10 heteroatoms. The van der Waals surface area contributed by atoms with Crippen LogP contribution in [0.15, 0.2) is 21.5 Å². The summed E-state index contributed by atoms with van der Waals surface area (Å²) < 4.78 is 43.7. The van der Waals surface area contributed by atoms with Crippen molar-refractivity contribution in [3.8, 4) is 0 Å². The number of nitrogens with one attached hydrogen (secondary N) is 1. The van der Waals surface area contributed by atoms with Crippen LogP contribution in [-0.2, 0) is 14.8 Å². The molecule has 1 amide bonds. The zero-order valence-corrected chi connectivity index (χ0v) is 11.9. The van der Waals surface area contributed by atoms with Gasteiger partial charge in [-0.1, -0.05) is 0 Å². The Hall–Kier alpha value is -1.39. The molecule has 0 aliphatic heterocycles. The molecule has 5 N–H and O–H groups in total. The molecule has 0 bridgehead atoms. The van der Waals surface area contributed by atoms with Crippen molar-refractivity contribution in [2.75, 3.05) is 18.9 Å². The summed E-state index contributed by atoms with van der Waals surface area (Å²) in [5.74, 6) is -0.954. The number of carbonyl (C=O) groups is 1. The lowest BCUT2D eigenvalue weighted by atomic mass is 10.3. The van der Waals surface area contributed by atoms with E-state index in [9.17, 15) is 17.6 Å². The lowest BCUT2D eigenvalue weighted by Crippen LogP contribution is -2.29. The molecule has 0 saturated carbocycles. The molecule has 0 aromatic heterocycles. The highest BCUT2D eigenvalue weighted by atomic mass is 79.9. The second-order valence-electron chi connectivity index (χ2n) is 3.37.